The van der Waals surface area contributed by atoms with Crippen molar-refractivity contribution in [1.29, 1.82) is 0 Å². The first kappa shape index (κ1) is 17.2. The van der Waals surface area contributed by atoms with E-state index in [9.17, 15) is 9.59 Å². The Bertz CT molecular complexity index is 929. The molecule has 1 aromatic heterocycles. The van der Waals surface area contributed by atoms with Crippen molar-refractivity contribution in [3.8, 4) is 0 Å². The number of anilines is 1. The van der Waals surface area contributed by atoms with Crippen LogP contribution < -0.4 is 10.7 Å². The van der Waals surface area contributed by atoms with Crippen molar-refractivity contribution in [2.24, 2.45) is 5.10 Å². The third-order valence-corrected chi connectivity index (χ3v) is 3.63. The van der Waals surface area contributed by atoms with E-state index in [-0.39, 0.29) is 5.91 Å². The maximum absolute atomic E-state index is 12.4. The first-order valence-corrected chi connectivity index (χ1v) is 7.97. The Hall–Kier alpha value is -3.67. The molecular weight excluding hydrogens is 330 g/mol. The second-order valence-corrected chi connectivity index (χ2v) is 5.58. The third-order valence-electron chi connectivity index (χ3n) is 3.63. The largest absolute Gasteiger partial charge is 0.463 e. The molecule has 0 aliphatic carbocycles. The molecule has 0 atom stereocenters. The summed E-state index contributed by atoms with van der Waals surface area (Å²) < 4.78 is 5.10. The number of benzene rings is 2. The number of nitrogens with one attached hydrogen (secondary N) is 2. The van der Waals surface area contributed by atoms with Crippen LogP contribution in [0.4, 0.5) is 5.69 Å². The second kappa shape index (κ2) is 7.94. The summed E-state index contributed by atoms with van der Waals surface area (Å²) in [5, 5.41) is 6.61. The normalized spacial score (nSPS) is 10.7. The highest BCUT2D eigenvalue weighted by atomic mass is 16.3. The quantitative estimate of drug-likeness (QED) is 0.546. The van der Waals surface area contributed by atoms with E-state index in [1.165, 1.54) is 12.5 Å². The van der Waals surface area contributed by atoms with Gasteiger partial charge in [0.2, 0.25) is 0 Å². The Labute approximate surface area is 150 Å². The smallest absolute Gasteiger partial charge is 0.273 e. The zero-order valence-electron chi connectivity index (χ0n) is 14.1. The van der Waals surface area contributed by atoms with Crippen LogP contribution in [0, 0.1) is 6.92 Å². The monoisotopic (exact) mass is 347 g/mol. The number of furan rings is 1. The maximum Gasteiger partial charge on any atom is 0.273 e. The number of amides is 2. The predicted octanol–water partition coefficient (Wildman–Crippen LogP) is 3.60. The molecule has 0 spiro atoms. The lowest BCUT2D eigenvalue weighted by Gasteiger charge is -2.10. The van der Waals surface area contributed by atoms with Crippen molar-refractivity contribution in [2.75, 3.05) is 5.32 Å². The third kappa shape index (κ3) is 4.24. The maximum atomic E-state index is 12.4. The van der Waals surface area contributed by atoms with E-state index in [0.29, 0.717) is 22.6 Å². The molecule has 0 saturated heterocycles. The molecule has 2 N–H and O–H groups in total. The minimum absolute atomic E-state index is 0.288. The van der Waals surface area contributed by atoms with E-state index in [1.54, 1.807) is 48.5 Å². The van der Waals surface area contributed by atoms with Gasteiger partial charge in [0.25, 0.3) is 11.8 Å². The van der Waals surface area contributed by atoms with E-state index >= 15 is 0 Å². The van der Waals surface area contributed by atoms with Gasteiger partial charge in [-0.3, -0.25) is 9.59 Å². The fourth-order valence-electron chi connectivity index (χ4n) is 2.27. The van der Waals surface area contributed by atoms with Crippen LogP contribution in [-0.2, 0) is 0 Å². The van der Waals surface area contributed by atoms with Gasteiger partial charge >= 0.3 is 0 Å². The molecule has 0 radical (unpaired) electrons. The van der Waals surface area contributed by atoms with Crippen LogP contribution in [0.25, 0.3) is 0 Å². The summed E-state index contributed by atoms with van der Waals surface area (Å²) in [5.74, 6) is -0.205. The number of aryl methyl sites for hydroxylation is 1. The fourth-order valence-corrected chi connectivity index (χ4v) is 2.27. The van der Waals surface area contributed by atoms with Crippen LogP contribution in [0.2, 0.25) is 0 Å². The second-order valence-electron chi connectivity index (χ2n) is 5.58. The van der Waals surface area contributed by atoms with Crippen molar-refractivity contribution in [3.63, 3.8) is 0 Å². The van der Waals surface area contributed by atoms with Gasteiger partial charge in [0.1, 0.15) is 5.76 Å². The Kier molecular flexibility index (Phi) is 5.24. The number of hydrogen-bond donors (Lipinski definition) is 2. The highest BCUT2D eigenvalue weighted by Gasteiger charge is 2.13. The first-order valence-electron chi connectivity index (χ1n) is 7.97. The zero-order chi connectivity index (χ0) is 18.4. The summed E-state index contributed by atoms with van der Waals surface area (Å²) in [6.07, 6.45) is 2.91. The summed E-state index contributed by atoms with van der Waals surface area (Å²) in [4.78, 5) is 24.7. The van der Waals surface area contributed by atoms with Crippen LogP contribution in [0.5, 0.6) is 0 Å². The molecular formula is C20H17N3O3. The first-order chi connectivity index (χ1) is 12.6. The fraction of sp³-hybridized carbons (Fsp3) is 0.0500. The Morgan fingerprint density at radius 3 is 2.46 bits per heavy atom. The molecule has 0 aliphatic rings. The van der Waals surface area contributed by atoms with Gasteiger partial charge in [-0.1, -0.05) is 29.8 Å². The lowest BCUT2D eigenvalue weighted by molar-refractivity contribution is 0.0956. The number of hydrogen-bond acceptors (Lipinski definition) is 4. The predicted molar refractivity (Wildman–Crippen MR) is 99.3 cm³/mol. The number of rotatable bonds is 5. The number of para-hydroxylation sites is 1. The lowest BCUT2D eigenvalue weighted by Crippen LogP contribution is -2.21. The topological polar surface area (TPSA) is 83.7 Å². The van der Waals surface area contributed by atoms with Gasteiger partial charge in [-0.05, 0) is 43.3 Å². The number of nitrogens with zero attached hydrogens (tertiary/aromatic N) is 1. The molecule has 2 aromatic carbocycles. The van der Waals surface area contributed by atoms with Crippen LogP contribution in [0.1, 0.15) is 32.0 Å². The summed E-state index contributed by atoms with van der Waals surface area (Å²) in [6, 6.07) is 17.4. The summed E-state index contributed by atoms with van der Waals surface area (Å²) >= 11 is 0. The Balaban J connectivity index is 1.72. The Morgan fingerprint density at radius 1 is 0.962 bits per heavy atom. The SMILES string of the molecule is Cc1ccc(C(=O)Nc2ccccc2C(=O)N/N=C\c2ccco2)cc1. The molecule has 6 heteroatoms. The molecule has 2 amide bonds. The van der Waals surface area contributed by atoms with Crippen LogP contribution in [-0.4, -0.2) is 18.0 Å². The van der Waals surface area contributed by atoms with Crippen molar-refractivity contribution in [1.82, 2.24) is 5.43 Å². The van der Waals surface area contributed by atoms with Crippen LogP contribution in [0.3, 0.4) is 0 Å². The molecule has 3 aromatic rings. The molecule has 130 valence electrons. The van der Waals surface area contributed by atoms with E-state index in [2.05, 4.69) is 15.8 Å². The van der Waals surface area contributed by atoms with Gasteiger partial charge in [0, 0.05) is 5.56 Å². The summed E-state index contributed by atoms with van der Waals surface area (Å²) in [5.41, 5.74) is 4.71. The number of carbonyl (C=O) groups excluding carboxylic acids is 2. The van der Waals surface area contributed by atoms with Crippen molar-refractivity contribution < 1.29 is 14.0 Å². The van der Waals surface area contributed by atoms with Gasteiger partial charge in [-0.15, -0.1) is 0 Å². The number of carbonyl (C=O) groups is 2. The summed E-state index contributed by atoms with van der Waals surface area (Å²) in [6.45, 7) is 1.95. The minimum atomic E-state index is -0.437. The molecule has 6 nitrogen and oxygen atoms in total. The van der Waals surface area contributed by atoms with E-state index < -0.39 is 5.91 Å². The molecule has 0 fully saturated rings. The van der Waals surface area contributed by atoms with E-state index in [0.717, 1.165) is 5.56 Å². The molecule has 0 bridgehead atoms. The highest BCUT2D eigenvalue weighted by Crippen LogP contribution is 2.16. The van der Waals surface area contributed by atoms with Gasteiger partial charge < -0.3 is 9.73 Å². The highest BCUT2D eigenvalue weighted by molar-refractivity contribution is 6.09. The molecule has 3 rings (SSSR count). The Morgan fingerprint density at radius 2 is 1.73 bits per heavy atom. The van der Waals surface area contributed by atoms with Crippen molar-refractivity contribution >= 4 is 23.7 Å². The van der Waals surface area contributed by atoms with Crippen molar-refractivity contribution in [3.05, 3.63) is 89.4 Å². The molecule has 26 heavy (non-hydrogen) atoms. The van der Waals surface area contributed by atoms with Gasteiger partial charge in [-0.2, -0.15) is 5.10 Å². The molecule has 0 unspecified atom stereocenters. The minimum Gasteiger partial charge on any atom is -0.463 e. The van der Waals surface area contributed by atoms with Gasteiger partial charge in [0.05, 0.1) is 23.7 Å². The average molecular weight is 347 g/mol. The standard InChI is InChI=1S/C20H17N3O3/c1-14-8-10-15(11-9-14)19(24)22-18-7-3-2-6-17(18)20(25)23-21-13-16-5-4-12-26-16/h2-13H,1H3,(H,22,24)(H,23,25)/b21-13-. The average Bonchev–Trinajstić information content (AvgIpc) is 3.16. The molecule has 0 aliphatic heterocycles. The molecule has 1 heterocycles. The van der Waals surface area contributed by atoms with E-state index in [4.69, 9.17) is 4.42 Å². The number of hydrazone groups is 1. The van der Waals surface area contributed by atoms with Crippen LogP contribution in [0.15, 0.2) is 76.4 Å². The molecule has 0 saturated carbocycles. The van der Waals surface area contributed by atoms with Crippen molar-refractivity contribution in [2.45, 2.75) is 6.92 Å². The zero-order valence-corrected chi connectivity index (χ0v) is 14.1. The van der Waals surface area contributed by atoms with Crippen LogP contribution >= 0.6 is 0 Å². The van der Waals surface area contributed by atoms with E-state index in [1.807, 2.05) is 19.1 Å². The lowest BCUT2D eigenvalue weighted by atomic mass is 10.1. The van der Waals surface area contributed by atoms with Gasteiger partial charge in [-0.25, -0.2) is 5.43 Å². The van der Waals surface area contributed by atoms with Gasteiger partial charge in [0.15, 0.2) is 0 Å². The summed E-state index contributed by atoms with van der Waals surface area (Å²) in [7, 11) is 0.